The standard InChI is InChI=1S/C36H38BrN9O3/c1-5-7-9-31(47)41-20-36-14-28(35(49)43-34-21(3)10-11-30(37)42-34)46(29(36)15-36)32(48)19-45-33-23(8-6-2)12-24(13-26(33)27(16-38)44-45)25-17-39-22(4)40-18-25/h6,10-13,17-18,28-29H,2,5,7-9,14-15,19-20H2,1,3-4H3,(H,41,47)(H,42,43,49)/t28-,29+,36-/m0/s1. The molecule has 13 heteroatoms. The number of likely N-dealkylation sites (tertiary alicyclic amines) is 1. The Bertz CT molecular complexity index is 2000. The Balaban J connectivity index is 1.32. The van der Waals surface area contributed by atoms with Gasteiger partial charge in [0.15, 0.2) is 5.69 Å². The number of nitrogens with zero attached hydrogens (tertiary/aromatic N) is 7. The van der Waals surface area contributed by atoms with E-state index in [0.29, 0.717) is 59.4 Å². The van der Waals surface area contributed by atoms with Crippen LogP contribution < -0.4 is 10.6 Å². The van der Waals surface area contributed by atoms with Gasteiger partial charge in [0, 0.05) is 47.8 Å². The van der Waals surface area contributed by atoms with Gasteiger partial charge in [-0.3, -0.25) is 19.1 Å². The summed E-state index contributed by atoms with van der Waals surface area (Å²) in [5.41, 5.74) is 3.68. The first-order chi connectivity index (χ1) is 23.6. The van der Waals surface area contributed by atoms with Crippen molar-refractivity contribution in [2.75, 3.05) is 11.9 Å². The van der Waals surface area contributed by atoms with Gasteiger partial charge < -0.3 is 15.5 Å². The summed E-state index contributed by atoms with van der Waals surface area (Å²) in [5.74, 6) is 0.395. The number of fused-ring (bicyclic) bond motifs is 2. The third kappa shape index (κ3) is 6.83. The summed E-state index contributed by atoms with van der Waals surface area (Å²) in [6.45, 7) is 9.84. The van der Waals surface area contributed by atoms with Crippen LogP contribution in [-0.4, -0.2) is 66.0 Å². The number of hydrogen-bond acceptors (Lipinski definition) is 8. The second-order valence-corrected chi connectivity index (χ2v) is 13.7. The highest BCUT2D eigenvalue weighted by Gasteiger charge is 2.67. The number of nitrogens with one attached hydrogen (secondary N) is 2. The van der Waals surface area contributed by atoms with Crippen molar-refractivity contribution in [3.63, 3.8) is 0 Å². The number of aryl methyl sites for hydroxylation is 2. The molecule has 0 spiro atoms. The lowest BCUT2D eigenvalue weighted by Crippen LogP contribution is -2.47. The van der Waals surface area contributed by atoms with Crippen LogP contribution in [0, 0.1) is 30.6 Å². The molecule has 2 fully saturated rings. The molecule has 1 saturated carbocycles. The third-order valence-corrected chi connectivity index (χ3v) is 9.94. The smallest absolute Gasteiger partial charge is 0.248 e. The molecule has 252 valence electrons. The third-order valence-electron chi connectivity index (χ3n) is 9.50. The zero-order chi connectivity index (χ0) is 34.9. The number of nitriles is 1. The Morgan fingerprint density at radius 1 is 1.16 bits per heavy atom. The van der Waals surface area contributed by atoms with E-state index in [-0.39, 0.29) is 36.0 Å². The van der Waals surface area contributed by atoms with Gasteiger partial charge in [0.2, 0.25) is 17.7 Å². The van der Waals surface area contributed by atoms with Crippen LogP contribution in [0.15, 0.2) is 53.9 Å². The number of anilines is 1. The van der Waals surface area contributed by atoms with Crippen molar-refractivity contribution in [3.05, 3.63) is 76.6 Å². The van der Waals surface area contributed by atoms with Gasteiger partial charge in [0.05, 0.1) is 5.52 Å². The van der Waals surface area contributed by atoms with E-state index >= 15 is 0 Å². The van der Waals surface area contributed by atoms with Gasteiger partial charge in [-0.05, 0) is 90.4 Å². The molecular formula is C36H38BrN9O3. The molecule has 49 heavy (non-hydrogen) atoms. The van der Waals surface area contributed by atoms with Gasteiger partial charge in [0.1, 0.15) is 34.9 Å². The van der Waals surface area contributed by atoms with Gasteiger partial charge >= 0.3 is 0 Å². The average molecular weight is 725 g/mol. The molecule has 4 heterocycles. The molecule has 6 rings (SSSR count). The summed E-state index contributed by atoms with van der Waals surface area (Å²) in [6.07, 6.45) is 8.95. The summed E-state index contributed by atoms with van der Waals surface area (Å²) >= 11 is 3.37. The number of carbonyl (C=O) groups is 3. The summed E-state index contributed by atoms with van der Waals surface area (Å²) in [4.78, 5) is 55.5. The fourth-order valence-electron chi connectivity index (χ4n) is 6.83. The number of amides is 3. The van der Waals surface area contributed by atoms with Crippen LogP contribution >= 0.6 is 15.9 Å². The monoisotopic (exact) mass is 723 g/mol. The lowest BCUT2D eigenvalue weighted by atomic mass is 9.98. The minimum absolute atomic E-state index is 0.0278. The second-order valence-electron chi connectivity index (χ2n) is 12.9. The SMILES string of the molecule is C=CCc1cc(-c2cnc(C)nc2)cc2c(C#N)nn(CC(=O)N3[C@H](C(=O)Nc4nc(Br)ccc4C)C[C@@]4(CNC(=O)CCCC)C[C@@H]34)c12. The highest BCUT2D eigenvalue weighted by atomic mass is 79.9. The molecule has 0 unspecified atom stereocenters. The van der Waals surface area contributed by atoms with E-state index in [2.05, 4.69) is 59.3 Å². The van der Waals surface area contributed by atoms with Gasteiger partial charge in [-0.25, -0.2) is 15.0 Å². The van der Waals surface area contributed by atoms with E-state index in [9.17, 15) is 19.6 Å². The maximum atomic E-state index is 14.3. The lowest BCUT2D eigenvalue weighted by Gasteiger charge is -2.27. The number of hydrogen-bond donors (Lipinski definition) is 2. The van der Waals surface area contributed by atoms with Crippen LogP contribution in [0.25, 0.3) is 22.0 Å². The first kappa shape index (κ1) is 33.9. The van der Waals surface area contributed by atoms with Crippen molar-refractivity contribution in [3.8, 4) is 17.2 Å². The number of rotatable bonds is 12. The van der Waals surface area contributed by atoms with Crippen LogP contribution in [0.2, 0.25) is 0 Å². The van der Waals surface area contributed by atoms with Crippen molar-refractivity contribution in [2.45, 2.75) is 77.9 Å². The van der Waals surface area contributed by atoms with E-state index in [0.717, 1.165) is 35.1 Å². The highest BCUT2D eigenvalue weighted by molar-refractivity contribution is 9.10. The topological polar surface area (TPSA) is 159 Å². The first-order valence-electron chi connectivity index (χ1n) is 16.4. The lowest BCUT2D eigenvalue weighted by molar-refractivity contribution is -0.138. The molecule has 1 aliphatic carbocycles. The zero-order valence-electron chi connectivity index (χ0n) is 27.8. The number of piperidine rings is 1. The van der Waals surface area contributed by atoms with Gasteiger partial charge in [0.25, 0.3) is 0 Å². The molecule has 3 atom stereocenters. The highest BCUT2D eigenvalue weighted by Crippen LogP contribution is 2.59. The van der Waals surface area contributed by atoms with Gasteiger partial charge in [-0.1, -0.05) is 25.5 Å². The number of aromatic nitrogens is 5. The van der Waals surface area contributed by atoms with E-state index < -0.39 is 11.5 Å². The van der Waals surface area contributed by atoms with E-state index in [1.807, 2.05) is 39.0 Å². The van der Waals surface area contributed by atoms with Crippen molar-refractivity contribution in [1.82, 2.24) is 34.9 Å². The van der Waals surface area contributed by atoms with Crippen LogP contribution in [0.5, 0.6) is 0 Å². The molecule has 0 bridgehead atoms. The number of carbonyl (C=O) groups excluding carboxylic acids is 3. The molecule has 2 N–H and O–H groups in total. The van der Waals surface area contributed by atoms with Crippen LogP contribution in [0.3, 0.4) is 0 Å². The molecule has 1 aliphatic heterocycles. The molecule has 2 aliphatic rings. The normalized spacial score (nSPS) is 19.3. The number of unbranched alkanes of at least 4 members (excludes halogenated alkanes) is 1. The van der Waals surface area contributed by atoms with Gasteiger partial charge in [-0.15, -0.1) is 6.58 Å². The minimum Gasteiger partial charge on any atom is -0.355 e. The molecule has 1 saturated heterocycles. The maximum Gasteiger partial charge on any atom is 0.248 e. The van der Waals surface area contributed by atoms with Crippen LogP contribution in [0.4, 0.5) is 5.82 Å². The summed E-state index contributed by atoms with van der Waals surface area (Å²) in [5, 5.41) is 21.3. The van der Waals surface area contributed by atoms with Crippen LogP contribution in [-0.2, 0) is 27.3 Å². The average Bonchev–Trinajstić information content (AvgIpc) is 3.51. The van der Waals surface area contributed by atoms with E-state index in [4.69, 9.17) is 0 Å². The van der Waals surface area contributed by atoms with Crippen molar-refractivity contribution >= 4 is 50.4 Å². The van der Waals surface area contributed by atoms with E-state index in [1.54, 1.807) is 34.1 Å². The summed E-state index contributed by atoms with van der Waals surface area (Å²) in [7, 11) is 0. The molecule has 0 radical (unpaired) electrons. The predicted octanol–water partition coefficient (Wildman–Crippen LogP) is 5.17. The number of pyridine rings is 1. The predicted molar refractivity (Wildman–Crippen MR) is 188 cm³/mol. The number of halogens is 1. The minimum atomic E-state index is -0.781. The Morgan fingerprint density at radius 2 is 1.94 bits per heavy atom. The number of benzene rings is 1. The number of allylic oxidation sites excluding steroid dienone is 1. The second kappa shape index (κ2) is 13.9. The molecule has 1 aromatic carbocycles. The first-order valence-corrected chi connectivity index (χ1v) is 17.2. The molecule has 12 nitrogen and oxygen atoms in total. The molecule has 3 amide bonds. The largest absolute Gasteiger partial charge is 0.355 e. The van der Waals surface area contributed by atoms with Gasteiger partial charge in [-0.2, -0.15) is 10.4 Å². The fraction of sp³-hybridized carbons (Fsp3) is 0.389. The van der Waals surface area contributed by atoms with Crippen molar-refractivity contribution < 1.29 is 14.4 Å². The molecule has 4 aromatic rings. The van der Waals surface area contributed by atoms with E-state index in [1.165, 1.54) is 0 Å². The Hall–Kier alpha value is -4.96. The zero-order valence-corrected chi connectivity index (χ0v) is 29.4. The Labute approximate surface area is 293 Å². The molecular weight excluding hydrogens is 686 g/mol. The maximum absolute atomic E-state index is 14.3. The quantitative estimate of drug-likeness (QED) is 0.150. The Morgan fingerprint density at radius 3 is 2.65 bits per heavy atom. The van der Waals surface area contributed by atoms with Crippen molar-refractivity contribution in [2.24, 2.45) is 5.41 Å². The van der Waals surface area contributed by atoms with Crippen LogP contribution in [0.1, 0.15) is 61.7 Å². The van der Waals surface area contributed by atoms with Crippen molar-refractivity contribution in [1.29, 1.82) is 5.26 Å². The fourth-order valence-corrected chi connectivity index (χ4v) is 7.14. The molecule has 3 aromatic heterocycles. The Kier molecular flexibility index (Phi) is 9.61. The summed E-state index contributed by atoms with van der Waals surface area (Å²) < 4.78 is 2.14. The summed E-state index contributed by atoms with van der Waals surface area (Å²) in [6, 6.07) is 8.68.